The number of anilines is 1. The zero-order chi connectivity index (χ0) is 12.7. The smallest absolute Gasteiger partial charge is 0.202 e. The molecule has 2 aromatic heterocycles. The molecule has 0 aromatic carbocycles. The quantitative estimate of drug-likeness (QED) is 0.880. The minimum Gasteiger partial charge on any atom is -0.376 e. The maximum Gasteiger partial charge on any atom is 0.202 e. The Balaban J connectivity index is 2.10. The number of hydrogen-bond acceptors (Lipinski definition) is 4. The molecule has 2 atom stereocenters. The van der Waals surface area contributed by atoms with Gasteiger partial charge in [0, 0.05) is 12.8 Å². The van der Waals surface area contributed by atoms with E-state index in [1.807, 2.05) is 17.6 Å². The third-order valence-corrected chi connectivity index (χ3v) is 3.72. The van der Waals surface area contributed by atoms with E-state index in [-0.39, 0.29) is 12.1 Å². The van der Waals surface area contributed by atoms with Crippen molar-refractivity contribution in [3.63, 3.8) is 0 Å². The second-order valence-corrected chi connectivity index (χ2v) is 4.93. The minimum absolute atomic E-state index is 0.173. The Labute approximate surface area is 106 Å². The first-order chi connectivity index (χ1) is 8.68. The van der Waals surface area contributed by atoms with Crippen molar-refractivity contribution < 1.29 is 4.74 Å². The fraction of sp³-hybridized carbons (Fsp3) is 0.538. The summed E-state index contributed by atoms with van der Waals surface area (Å²) in [6.07, 6.45) is 4.21. The van der Waals surface area contributed by atoms with E-state index < -0.39 is 0 Å². The highest BCUT2D eigenvalue weighted by Gasteiger charge is 2.27. The van der Waals surface area contributed by atoms with Crippen molar-refractivity contribution >= 4 is 17.1 Å². The Kier molecular flexibility index (Phi) is 2.70. The van der Waals surface area contributed by atoms with Crippen LogP contribution in [0.15, 0.2) is 12.3 Å². The molecular formula is C13H18N4O. The molecule has 18 heavy (non-hydrogen) atoms. The van der Waals surface area contributed by atoms with Gasteiger partial charge in [-0.3, -0.25) is 4.57 Å². The molecule has 96 valence electrons. The number of imidazole rings is 1. The molecular weight excluding hydrogens is 228 g/mol. The van der Waals surface area contributed by atoms with E-state index >= 15 is 0 Å². The van der Waals surface area contributed by atoms with Gasteiger partial charge in [-0.1, -0.05) is 0 Å². The van der Waals surface area contributed by atoms with Gasteiger partial charge in [0.15, 0.2) is 5.65 Å². The number of aryl methyl sites for hydroxylation is 1. The van der Waals surface area contributed by atoms with Crippen LogP contribution < -0.4 is 5.73 Å². The largest absolute Gasteiger partial charge is 0.376 e. The average Bonchev–Trinajstić information content (AvgIpc) is 2.96. The zero-order valence-electron chi connectivity index (χ0n) is 10.8. The van der Waals surface area contributed by atoms with Crippen LogP contribution in [0.5, 0.6) is 0 Å². The van der Waals surface area contributed by atoms with Crippen LogP contribution in [0.3, 0.4) is 0 Å². The van der Waals surface area contributed by atoms with Gasteiger partial charge in [0.25, 0.3) is 0 Å². The van der Waals surface area contributed by atoms with Crippen LogP contribution in [0.25, 0.3) is 11.2 Å². The lowest BCUT2D eigenvalue weighted by Gasteiger charge is -2.21. The molecule has 3 heterocycles. The van der Waals surface area contributed by atoms with Crippen molar-refractivity contribution in [1.29, 1.82) is 0 Å². The van der Waals surface area contributed by atoms with E-state index in [0.29, 0.717) is 5.95 Å². The van der Waals surface area contributed by atoms with Crippen LogP contribution in [0.2, 0.25) is 0 Å². The van der Waals surface area contributed by atoms with Gasteiger partial charge in [0.2, 0.25) is 5.95 Å². The second-order valence-electron chi connectivity index (χ2n) is 4.93. The Hall–Kier alpha value is -1.62. The highest BCUT2D eigenvalue weighted by atomic mass is 16.5. The summed E-state index contributed by atoms with van der Waals surface area (Å²) in [6, 6.07) is 2.13. The molecule has 1 aliphatic rings. The van der Waals surface area contributed by atoms with Gasteiger partial charge in [-0.15, -0.1) is 0 Å². The summed E-state index contributed by atoms with van der Waals surface area (Å²) in [5, 5.41) is 0. The summed E-state index contributed by atoms with van der Waals surface area (Å²) >= 11 is 0. The number of fused-ring (bicyclic) bond motifs is 1. The number of pyridine rings is 1. The molecule has 2 N–H and O–H groups in total. The lowest BCUT2D eigenvalue weighted by Crippen LogP contribution is -2.22. The van der Waals surface area contributed by atoms with Gasteiger partial charge in [-0.25, -0.2) is 9.97 Å². The Morgan fingerprint density at radius 2 is 2.39 bits per heavy atom. The van der Waals surface area contributed by atoms with Crippen LogP contribution in [-0.4, -0.2) is 27.2 Å². The van der Waals surface area contributed by atoms with E-state index in [2.05, 4.69) is 16.9 Å². The van der Waals surface area contributed by atoms with Crippen LogP contribution in [0.1, 0.15) is 31.4 Å². The maximum absolute atomic E-state index is 6.05. The standard InChI is InChI=1S/C13H18N4O/c1-8-5-6-15-12-11(8)16-13(14)17(12)9(2)10-4-3-7-18-10/h5-6,9-10H,3-4,7H2,1-2H3,(H2,14,16). The molecule has 2 aromatic rings. The molecule has 3 rings (SSSR count). The van der Waals surface area contributed by atoms with E-state index in [1.165, 1.54) is 0 Å². The van der Waals surface area contributed by atoms with Crippen molar-refractivity contribution in [3.8, 4) is 0 Å². The Morgan fingerprint density at radius 3 is 3.11 bits per heavy atom. The summed E-state index contributed by atoms with van der Waals surface area (Å²) in [4.78, 5) is 8.85. The molecule has 0 saturated carbocycles. The van der Waals surface area contributed by atoms with Crippen LogP contribution in [-0.2, 0) is 4.74 Å². The molecule has 1 aliphatic heterocycles. The zero-order valence-corrected chi connectivity index (χ0v) is 10.8. The molecule has 0 spiro atoms. The first-order valence-electron chi connectivity index (χ1n) is 6.39. The van der Waals surface area contributed by atoms with Crippen LogP contribution in [0.4, 0.5) is 5.95 Å². The second kappa shape index (κ2) is 4.24. The number of ether oxygens (including phenoxy) is 1. The highest BCUT2D eigenvalue weighted by Crippen LogP contribution is 2.29. The predicted molar refractivity (Wildman–Crippen MR) is 70.4 cm³/mol. The first kappa shape index (κ1) is 11.5. The van der Waals surface area contributed by atoms with Gasteiger partial charge in [-0.05, 0) is 38.3 Å². The maximum atomic E-state index is 6.05. The number of hydrogen-bond donors (Lipinski definition) is 1. The van der Waals surface area contributed by atoms with E-state index in [4.69, 9.17) is 10.5 Å². The number of rotatable bonds is 2. The molecule has 1 fully saturated rings. The number of nitrogens with two attached hydrogens (primary N) is 1. The fourth-order valence-corrected chi connectivity index (χ4v) is 2.68. The molecule has 0 aliphatic carbocycles. The van der Waals surface area contributed by atoms with Crippen LogP contribution in [0, 0.1) is 6.92 Å². The van der Waals surface area contributed by atoms with Crippen molar-refractivity contribution in [3.05, 3.63) is 17.8 Å². The van der Waals surface area contributed by atoms with Gasteiger partial charge in [0.1, 0.15) is 5.52 Å². The lowest BCUT2D eigenvalue weighted by atomic mass is 10.1. The average molecular weight is 246 g/mol. The molecule has 1 saturated heterocycles. The molecule has 0 radical (unpaired) electrons. The van der Waals surface area contributed by atoms with Crippen LogP contribution >= 0.6 is 0 Å². The minimum atomic E-state index is 0.173. The molecule has 5 heteroatoms. The first-order valence-corrected chi connectivity index (χ1v) is 6.39. The monoisotopic (exact) mass is 246 g/mol. The predicted octanol–water partition coefficient (Wildman–Crippen LogP) is 2.06. The van der Waals surface area contributed by atoms with E-state index in [1.54, 1.807) is 6.20 Å². The Morgan fingerprint density at radius 1 is 1.56 bits per heavy atom. The summed E-state index contributed by atoms with van der Waals surface area (Å²) in [5.41, 5.74) is 8.89. The SMILES string of the molecule is Cc1ccnc2c1nc(N)n2C(C)C1CCCO1. The van der Waals surface area contributed by atoms with Crippen molar-refractivity contribution in [2.75, 3.05) is 12.3 Å². The van der Waals surface area contributed by atoms with Crippen molar-refractivity contribution in [1.82, 2.24) is 14.5 Å². The van der Waals surface area contributed by atoms with Crippen molar-refractivity contribution in [2.24, 2.45) is 0 Å². The number of aromatic nitrogens is 3. The van der Waals surface area contributed by atoms with Gasteiger partial charge < -0.3 is 10.5 Å². The normalized spacial score (nSPS) is 21.6. The van der Waals surface area contributed by atoms with Crippen molar-refractivity contribution in [2.45, 2.75) is 38.8 Å². The van der Waals surface area contributed by atoms with Gasteiger partial charge in [-0.2, -0.15) is 0 Å². The Bertz CT molecular complexity index is 572. The molecule has 0 amide bonds. The lowest BCUT2D eigenvalue weighted by molar-refractivity contribution is 0.0750. The summed E-state index contributed by atoms with van der Waals surface area (Å²) in [6.45, 7) is 4.99. The summed E-state index contributed by atoms with van der Waals surface area (Å²) in [7, 11) is 0. The van der Waals surface area contributed by atoms with E-state index in [9.17, 15) is 0 Å². The van der Waals surface area contributed by atoms with Gasteiger partial charge in [0.05, 0.1) is 12.1 Å². The molecule has 2 unspecified atom stereocenters. The summed E-state index contributed by atoms with van der Waals surface area (Å²) in [5.74, 6) is 0.523. The summed E-state index contributed by atoms with van der Waals surface area (Å²) < 4.78 is 7.74. The molecule has 0 bridgehead atoms. The topological polar surface area (TPSA) is 66.0 Å². The highest BCUT2D eigenvalue weighted by molar-refractivity contribution is 5.77. The third-order valence-electron chi connectivity index (χ3n) is 3.72. The number of nitrogen functional groups attached to an aromatic ring is 1. The van der Waals surface area contributed by atoms with Gasteiger partial charge >= 0.3 is 0 Å². The van der Waals surface area contributed by atoms with E-state index in [0.717, 1.165) is 36.2 Å². The fourth-order valence-electron chi connectivity index (χ4n) is 2.68. The third kappa shape index (κ3) is 1.66. The number of nitrogens with zero attached hydrogens (tertiary/aromatic N) is 3. The molecule has 5 nitrogen and oxygen atoms in total.